The number of likely N-dealkylation sites (N-methyl/N-ethyl adjacent to an activating group) is 1. The zero-order valence-electron chi connectivity index (χ0n) is 13.6. The number of piperazine rings is 1. The molecule has 0 radical (unpaired) electrons. The average molecular weight is 314 g/mol. The molecule has 1 N–H and O–H groups in total. The molecule has 122 valence electrons. The number of carbonyl (C=O) groups excluding carboxylic acids is 1. The summed E-state index contributed by atoms with van der Waals surface area (Å²) in [5.74, 6) is 0.426. The molecule has 1 aromatic carbocycles. The van der Waals surface area contributed by atoms with Crippen LogP contribution in [0, 0.1) is 11.3 Å². The van der Waals surface area contributed by atoms with E-state index in [9.17, 15) is 10.1 Å². The van der Waals surface area contributed by atoms with E-state index >= 15 is 0 Å². The fraction of sp³-hybridized carbons (Fsp3) is 0.412. The van der Waals surface area contributed by atoms with E-state index in [4.69, 9.17) is 4.74 Å². The van der Waals surface area contributed by atoms with Crippen LogP contribution in [0.25, 0.3) is 0 Å². The minimum absolute atomic E-state index is 0.142. The number of benzene rings is 1. The molecule has 1 heterocycles. The van der Waals surface area contributed by atoms with Gasteiger partial charge in [-0.25, -0.2) is 0 Å². The number of methoxy groups -OCH3 is 1. The molecule has 1 saturated heterocycles. The van der Waals surface area contributed by atoms with Crippen LogP contribution in [-0.2, 0) is 11.3 Å². The Morgan fingerprint density at radius 3 is 2.52 bits per heavy atom. The third kappa shape index (κ3) is 5.01. The Balaban J connectivity index is 1.90. The van der Waals surface area contributed by atoms with Gasteiger partial charge < -0.3 is 19.9 Å². The molecule has 0 unspecified atom stereocenters. The summed E-state index contributed by atoms with van der Waals surface area (Å²) < 4.78 is 5.09. The number of carbonyl (C=O) groups is 1. The molecular formula is C17H22N4O2. The number of ether oxygens (including phenoxy) is 1. The molecule has 1 aliphatic heterocycles. The summed E-state index contributed by atoms with van der Waals surface area (Å²) in [7, 11) is 3.67. The molecule has 6 nitrogen and oxygen atoms in total. The van der Waals surface area contributed by atoms with Crippen LogP contribution >= 0.6 is 0 Å². The SMILES string of the molecule is COc1ccc(CNC(=O)/C(C#N)=C/N2CCN(C)CC2)cc1. The van der Waals surface area contributed by atoms with Crippen molar-refractivity contribution in [3.63, 3.8) is 0 Å². The van der Waals surface area contributed by atoms with E-state index in [0.29, 0.717) is 6.54 Å². The Morgan fingerprint density at radius 2 is 1.96 bits per heavy atom. The summed E-state index contributed by atoms with van der Waals surface area (Å²) in [6, 6.07) is 9.44. The van der Waals surface area contributed by atoms with Crippen molar-refractivity contribution in [1.82, 2.24) is 15.1 Å². The predicted octanol–water partition coefficient (Wildman–Crippen LogP) is 0.966. The van der Waals surface area contributed by atoms with Gasteiger partial charge >= 0.3 is 0 Å². The van der Waals surface area contributed by atoms with Crippen LogP contribution in [0.1, 0.15) is 5.56 Å². The van der Waals surface area contributed by atoms with Gasteiger partial charge in [0, 0.05) is 38.9 Å². The molecule has 0 spiro atoms. The number of nitrogens with one attached hydrogen (secondary N) is 1. The maximum atomic E-state index is 12.1. The molecule has 1 aromatic rings. The third-order valence-electron chi connectivity index (χ3n) is 3.83. The molecule has 0 atom stereocenters. The molecule has 1 fully saturated rings. The van der Waals surface area contributed by atoms with Gasteiger partial charge in [-0.1, -0.05) is 12.1 Å². The second-order valence-electron chi connectivity index (χ2n) is 5.52. The highest BCUT2D eigenvalue weighted by atomic mass is 16.5. The number of nitriles is 1. The lowest BCUT2D eigenvalue weighted by Gasteiger charge is -2.31. The van der Waals surface area contributed by atoms with Gasteiger partial charge in [0.05, 0.1) is 7.11 Å². The van der Waals surface area contributed by atoms with Gasteiger partial charge in [0.15, 0.2) is 0 Å². The number of hydrogen-bond donors (Lipinski definition) is 1. The van der Waals surface area contributed by atoms with Crippen LogP contribution in [0.3, 0.4) is 0 Å². The monoisotopic (exact) mass is 314 g/mol. The van der Waals surface area contributed by atoms with E-state index in [0.717, 1.165) is 37.5 Å². The Kier molecular flexibility index (Phi) is 6.01. The topological polar surface area (TPSA) is 68.6 Å². The Bertz CT molecular complexity index is 596. The van der Waals surface area contributed by atoms with Gasteiger partial charge in [-0.05, 0) is 24.7 Å². The first-order valence-corrected chi connectivity index (χ1v) is 7.58. The predicted molar refractivity (Wildman–Crippen MR) is 87.6 cm³/mol. The second kappa shape index (κ2) is 8.20. The minimum Gasteiger partial charge on any atom is -0.497 e. The summed E-state index contributed by atoms with van der Waals surface area (Å²) in [5, 5.41) is 12.0. The number of amides is 1. The van der Waals surface area contributed by atoms with Gasteiger partial charge in [-0.15, -0.1) is 0 Å². The van der Waals surface area contributed by atoms with Crippen molar-refractivity contribution in [2.45, 2.75) is 6.54 Å². The minimum atomic E-state index is -0.345. The first-order valence-electron chi connectivity index (χ1n) is 7.58. The number of nitrogens with zero attached hydrogens (tertiary/aromatic N) is 3. The lowest BCUT2D eigenvalue weighted by Crippen LogP contribution is -2.42. The first-order chi connectivity index (χ1) is 11.1. The number of hydrogen-bond acceptors (Lipinski definition) is 5. The molecule has 0 aromatic heterocycles. The van der Waals surface area contributed by atoms with Crippen LogP contribution in [0.4, 0.5) is 0 Å². The summed E-state index contributed by atoms with van der Waals surface area (Å²) in [6.07, 6.45) is 1.66. The van der Waals surface area contributed by atoms with Crippen LogP contribution < -0.4 is 10.1 Å². The zero-order chi connectivity index (χ0) is 16.7. The Hall–Kier alpha value is -2.52. The summed E-state index contributed by atoms with van der Waals surface area (Å²) in [6.45, 7) is 3.90. The Labute approximate surface area is 136 Å². The van der Waals surface area contributed by atoms with E-state index in [1.165, 1.54) is 0 Å². The van der Waals surface area contributed by atoms with Crippen molar-refractivity contribution < 1.29 is 9.53 Å². The normalized spacial score (nSPS) is 15.9. The zero-order valence-corrected chi connectivity index (χ0v) is 13.6. The van der Waals surface area contributed by atoms with Gasteiger partial charge in [0.2, 0.25) is 0 Å². The summed E-state index contributed by atoms with van der Waals surface area (Å²) in [4.78, 5) is 16.4. The van der Waals surface area contributed by atoms with Gasteiger partial charge in [0.25, 0.3) is 5.91 Å². The van der Waals surface area contributed by atoms with Crippen molar-refractivity contribution in [2.75, 3.05) is 40.3 Å². The molecule has 0 aliphatic carbocycles. The van der Waals surface area contributed by atoms with Crippen molar-refractivity contribution in [2.24, 2.45) is 0 Å². The van der Waals surface area contributed by atoms with Crippen LogP contribution in [-0.4, -0.2) is 56.0 Å². The van der Waals surface area contributed by atoms with Gasteiger partial charge in [-0.2, -0.15) is 5.26 Å². The molecule has 6 heteroatoms. The first kappa shape index (κ1) is 16.8. The lowest BCUT2D eigenvalue weighted by atomic mass is 10.2. The molecule has 2 rings (SSSR count). The maximum absolute atomic E-state index is 12.1. The quantitative estimate of drug-likeness (QED) is 0.648. The Morgan fingerprint density at radius 1 is 1.30 bits per heavy atom. The van der Waals surface area contributed by atoms with E-state index in [-0.39, 0.29) is 11.5 Å². The molecular weight excluding hydrogens is 292 g/mol. The molecule has 0 saturated carbocycles. The van der Waals surface area contributed by atoms with Gasteiger partial charge in [-0.3, -0.25) is 4.79 Å². The highest BCUT2D eigenvalue weighted by molar-refractivity contribution is 5.97. The fourth-order valence-electron chi connectivity index (χ4n) is 2.29. The molecule has 1 aliphatic rings. The van der Waals surface area contributed by atoms with Crippen LogP contribution in [0.5, 0.6) is 5.75 Å². The lowest BCUT2D eigenvalue weighted by molar-refractivity contribution is -0.117. The third-order valence-corrected chi connectivity index (χ3v) is 3.83. The smallest absolute Gasteiger partial charge is 0.263 e. The van der Waals surface area contributed by atoms with Crippen molar-refractivity contribution in [3.8, 4) is 11.8 Å². The van der Waals surface area contributed by atoms with Crippen LogP contribution in [0.2, 0.25) is 0 Å². The van der Waals surface area contributed by atoms with E-state index in [1.54, 1.807) is 13.3 Å². The average Bonchev–Trinajstić information content (AvgIpc) is 2.59. The van der Waals surface area contributed by atoms with Crippen LogP contribution in [0.15, 0.2) is 36.0 Å². The largest absolute Gasteiger partial charge is 0.497 e. The molecule has 0 bridgehead atoms. The summed E-state index contributed by atoms with van der Waals surface area (Å²) >= 11 is 0. The maximum Gasteiger partial charge on any atom is 0.263 e. The number of rotatable bonds is 5. The van der Waals surface area contributed by atoms with E-state index in [2.05, 4.69) is 17.3 Å². The standard InChI is InChI=1S/C17H22N4O2/c1-20-7-9-21(10-8-20)13-15(11-18)17(22)19-12-14-3-5-16(23-2)6-4-14/h3-6,13H,7-10,12H2,1-2H3,(H,19,22)/b15-13+. The van der Waals surface area contributed by atoms with Gasteiger partial charge in [0.1, 0.15) is 17.4 Å². The van der Waals surface area contributed by atoms with Crippen molar-refractivity contribution in [3.05, 3.63) is 41.6 Å². The highest BCUT2D eigenvalue weighted by Crippen LogP contribution is 2.11. The molecule has 23 heavy (non-hydrogen) atoms. The van der Waals surface area contributed by atoms with Crippen molar-refractivity contribution in [1.29, 1.82) is 5.26 Å². The van der Waals surface area contributed by atoms with Crippen molar-refractivity contribution >= 4 is 5.91 Å². The van der Waals surface area contributed by atoms with E-state index in [1.807, 2.05) is 35.2 Å². The second-order valence-corrected chi connectivity index (χ2v) is 5.52. The molecule has 1 amide bonds. The fourth-order valence-corrected chi connectivity index (χ4v) is 2.29. The van der Waals surface area contributed by atoms with E-state index < -0.39 is 0 Å². The highest BCUT2D eigenvalue weighted by Gasteiger charge is 2.15. The summed E-state index contributed by atoms with van der Waals surface area (Å²) in [5.41, 5.74) is 1.10.